The third kappa shape index (κ3) is 6.78. The molecule has 10 heteroatoms. The second kappa shape index (κ2) is 11.5. The highest BCUT2D eigenvalue weighted by atomic mass is 28.4. The molecule has 3 heterocycles. The fraction of sp³-hybridized carbons (Fsp3) is 0.536. The highest BCUT2D eigenvalue weighted by molar-refractivity contribution is 6.74. The fourth-order valence-electron chi connectivity index (χ4n) is 4.62. The van der Waals surface area contributed by atoms with Crippen LogP contribution in [0, 0.1) is 5.82 Å². The van der Waals surface area contributed by atoms with Gasteiger partial charge in [-0.15, -0.1) is 0 Å². The zero-order valence-corrected chi connectivity index (χ0v) is 24.3. The van der Waals surface area contributed by atoms with Gasteiger partial charge in [0.25, 0.3) is 0 Å². The summed E-state index contributed by atoms with van der Waals surface area (Å²) >= 11 is 0. The molecule has 2 N–H and O–H groups in total. The Morgan fingerprint density at radius 3 is 2.79 bits per heavy atom. The van der Waals surface area contributed by atoms with Crippen LogP contribution in [0.5, 0.6) is 0 Å². The van der Waals surface area contributed by atoms with Crippen molar-refractivity contribution in [3.8, 4) is 0 Å². The van der Waals surface area contributed by atoms with E-state index in [4.69, 9.17) is 4.43 Å². The van der Waals surface area contributed by atoms with E-state index in [-0.39, 0.29) is 22.8 Å². The fourth-order valence-corrected chi connectivity index (χ4v) is 5.66. The number of nitrogens with zero attached hydrogens (tertiary/aromatic N) is 4. The van der Waals surface area contributed by atoms with Crippen LogP contribution in [0.1, 0.15) is 44.7 Å². The van der Waals surface area contributed by atoms with Crippen LogP contribution >= 0.6 is 0 Å². The number of hydrogen-bond donors (Lipinski definition) is 2. The summed E-state index contributed by atoms with van der Waals surface area (Å²) in [5.41, 5.74) is 3.43. The van der Waals surface area contributed by atoms with Gasteiger partial charge in [-0.1, -0.05) is 33.4 Å². The van der Waals surface area contributed by atoms with Crippen molar-refractivity contribution in [1.29, 1.82) is 0 Å². The number of likely N-dealkylation sites (tertiary alicyclic amines) is 1. The van der Waals surface area contributed by atoms with Crippen LogP contribution in [-0.4, -0.2) is 66.3 Å². The van der Waals surface area contributed by atoms with Crippen molar-refractivity contribution in [3.63, 3.8) is 0 Å². The number of piperidine rings is 1. The molecule has 1 saturated heterocycles. The summed E-state index contributed by atoms with van der Waals surface area (Å²) in [5.74, 6) is -0.177. The van der Waals surface area contributed by atoms with E-state index in [9.17, 15) is 9.18 Å². The van der Waals surface area contributed by atoms with Gasteiger partial charge in [0.2, 0.25) is 11.9 Å². The van der Waals surface area contributed by atoms with Crippen molar-refractivity contribution in [1.82, 2.24) is 19.8 Å². The number of carbonyl (C=O) groups excluding carboxylic acids is 1. The second-order valence-corrected chi connectivity index (χ2v) is 16.6. The van der Waals surface area contributed by atoms with Gasteiger partial charge in [0.15, 0.2) is 20.0 Å². The summed E-state index contributed by atoms with van der Waals surface area (Å²) in [6.07, 6.45) is 4.15. The molecule has 4 rings (SSSR count). The third-order valence-electron chi connectivity index (χ3n) is 7.92. The van der Waals surface area contributed by atoms with Gasteiger partial charge in [0.05, 0.1) is 6.20 Å². The number of carbonyl (C=O) groups is 1. The lowest BCUT2D eigenvalue weighted by Gasteiger charge is -2.36. The molecule has 0 unspecified atom stereocenters. The SMILES string of the molecule is C=CC(=O)N1CCC[C@@H](Nc2nc(Nc3ccc4c(c3)CN(CCO[Si](C)(C)C(C)(C)C)C4)ncc2F)C1. The van der Waals surface area contributed by atoms with Crippen LogP contribution in [0.25, 0.3) is 0 Å². The Bertz CT molecular complexity index is 1170. The van der Waals surface area contributed by atoms with Crippen LogP contribution in [0.15, 0.2) is 37.1 Å². The highest BCUT2D eigenvalue weighted by Crippen LogP contribution is 2.36. The van der Waals surface area contributed by atoms with Crippen LogP contribution in [0.3, 0.4) is 0 Å². The first-order valence-electron chi connectivity index (χ1n) is 13.4. The molecule has 1 aromatic carbocycles. The van der Waals surface area contributed by atoms with E-state index in [1.807, 2.05) is 6.07 Å². The van der Waals surface area contributed by atoms with Crippen LogP contribution in [0.4, 0.5) is 21.8 Å². The number of fused-ring (bicyclic) bond motifs is 1. The van der Waals surface area contributed by atoms with E-state index in [1.54, 1.807) is 4.90 Å². The minimum atomic E-state index is -1.75. The zero-order valence-electron chi connectivity index (χ0n) is 23.3. The van der Waals surface area contributed by atoms with Gasteiger partial charge in [0.1, 0.15) is 0 Å². The summed E-state index contributed by atoms with van der Waals surface area (Å²) in [4.78, 5) is 24.6. The van der Waals surface area contributed by atoms with Gasteiger partial charge in [-0.05, 0) is 60.3 Å². The molecule has 1 amide bonds. The maximum atomic E-state index is 14.5. The van der Waals surface area contributed by atoms with Gasteiger partial charge in [-0.3, -0.25) is 9.69 Å². The molecule has 2 aliphatic heterocycles. The average molecular weight is 541 g/mol. The first-order chi connectivity index (χ1) is 17.9. The summed E-state index contributed by atoms with van der Waals surface area (Å²) in [7, 11) is -1.75. The Kier molecular flexibility index (Phi) is 8.54. The smallest absolute Gasteiger partial charge is 0.246 e. The molecule has 8 nitrogen and oxygen atoms in total. The number of nitrogens with one attached hydrogen (secondary N) is 2. The predicted molar refractivity (Wildman–Crippen MR) is 152 cm³/mol. The van der Waals surface area contributed by atoms with E-state index in [0.29, 0.717) is 19.0 Å². The van der Waals surface area contributed by atoms with Crippen molar-refractivity contribution < 1.29 is 13.6 Å². The molecule has 1 atom stereocenters. The Hall–Kier alpha value is -2.82. The average Bonchev–Trinajstić information content (AvgIpc) is 3.27. The van der Waals surface area contributed by atoms with E-state index < -0.39 is 14.1 Å². The first-order valence-corrected chi connectivity index (χ1v) is 16.3. The molecular formula is C28H41FN6O2Si. The van der Waals surface area contributed by atoms with Crippen LogP contribution in [-0.2, 0) is 22.3 Å². The Morgan fingerprint density at radius 2 is 2.05 bits per heavy atom. The maximum absolute atomic E-state index is 14.5. The van der Waals surface area contributed by atoms with E-state index in [1.165, 1.54) is 23.4 Å². The Labute approximate surface area is 226 Å². The molecule has 0 spiro atoms. The number of aromatic nitrogens is 2. The molecule has 206 valence electrons. The quantitative estimate of drug-likeness (QED) is 0.331. The largest absolute Gasteiger partial charge is 0.416 e. The van der Waals surface area contributed by atoms with Gasteiger partial charge in [-0.2, -0.15) is 4.98 Å². The van der Waals surface area contributed by atoms with E-state index in [0.717, 1.165) is 44.8 Å². The molecular weight excluding hydrogens is 499 g/mol. The second-order valence-electron chi connectivity index (χ2n) is 11.8. The number of halogens is 1. The molecule has 0 bridgehead atoms. The van der Waals surface area contributed by atoms with Gasteiger partial charge in [-0.25, -0.2) is 9.37 Å². The lowest BCUT2D eigenvalue weighted by molar-refractivity contribution is -0.127. The minimum Gasteiger partial charge on any atom is -0.416 e. The molecule has 1 fully saturated rings. The minimum absolute atomic E-state index is 0.0866. The Morgan fingerprint density at radius 1 is 1.29 bits per heavy atom. The summed E-state index contributed by atoms with van der Waals surface area (Å²) < 4.78 is 20.9. The number of benzene rings is 1. The summed E-state index contributed by atoms with van der Waals surface area (Å²) in [5, 5.41) is 6.59. The van der Waals surface area contributed by atoms with Crippen LogP contribution in [0.2, 0.25) is 18.1 Å². The molecule has 2 aliphatic rings. The topological polar surface area (TPSA) is 82.6 Å². The Balaban J connectivity index is 1.34. The van der Waals surface area contributed by atoms with E-state index >= 15 is 0 Å². The molecule has 0 aliphatic carbocycles. The van der Waals surface area contributed by atoms with Crippen molar-refractivity contribution in [2.75, 3.05) is 36.9 Å². The lowest BCUT2D eigenvalue weighted by atomic mass is 10.1. The molecule has 0 radical (unpaired) electrons. The van der Waals surface area contributed by atoms with Crippen molar-refractivity contribution in [2.24, 2.45) is 0 Å². The molecule has 1 aromatic heterocycles. The lowest BCUT2D eigenvalue weighted by Crippen LogP contribution is -2.44. The van der Waals surface area contributed by atoms with Crippen molar-refractivity contribution >= 4 is 31.7 Å². The number of rotatable bonds is 9. The van der Waals surface area contributed by atoms with Gasteiger partial charge >= 0.3 is 0 Å². The van der Waals surface area contributed by atoms with Crippen molar-refractivity contribution in [3.05, 3.63) is 54.0 Å². The van der Waals surface area contributed by atoms with Gasteiger partial charge < -0.3 is 20.0 Å². The summed E-state index contributed by atoms with van der Waals surface area (Å²) in [6, 6.07) is 6.16. The highest BCUT2D eigenvalue weighted by Gasteiger charge is 2.37. The summed E-state index contributed by atoms with van der Waals surface area (Å²) in [6.45, 7) is 19.5. The number of anilines is 3. The number of amides is 1. The standard InChI is InChI=1S/C28H41FN6O2Si/c1-7-25(36)35-12-8-9-23(19-35)31-26-24(29)16-30-27(33-26)32-22-11-10-20-17-34(18-21(20)15-22)13-14-37-38(5,6)28(2,3)4/h7,10-11,15-16,23H,1,8-9,12-14,17-19H2,2-6H3,(H2,30,31,32,33)/t23-/m1/s1. The normalized spacial score (nSPS) is 18.3. The number of hydrogen-bond acceptors (Lipinski definition) is 7. The van der Waals surface area contributed by atoms with Crippen molar-refractivity contribution in [2.45, 2.75) is 70.9 Å². The zero-order chi connectivity index (χ0) is 27.5. The monoisotopic (exact) mass is 540 g/mol. The third-order valence-corrected chi connectivity index (χ3v) is 12.5. The predicted octanol–water partition coefficient (Wildman–Crippen LogP) is 5.29. The first kappa shape index (κ1) is 28.2. The van der Waals surface area contributed by atoms with E-state index in [2.05, 4.69) is 78.1 Å². The molecule has 0 saturated carbocycles. The maximum Gasteiger partial charge on any atom is 0.246 e. The molecule has 38 heavy (non-hydrogen) atoms. The van der Waals surface area contributed by atoms with Crippen LogP contribution < -0.4 is 10.6 Å². The van der Waals surface area contributed by atoms with Gasteiger partial charge in [0, 0.05) is 51.1 Å². The molecule has 2 aromatic rings.